The molecule has 0 bridgehead atoms. The van der Waals surface area contributed by atoms with E-state index < -0.39 is 11.4 Å². The fraction of sp³-hybridized carbons (Fsp3) is 0.714. The first-order valence-corrected chi connectivity index (χ1v) is 3.94. The van der Waals surface area contributed by atoms with E-state index in [0.717, 1.165) is 12.8 Å². The van der Waals surface area contributed by atoms with E-state index >= 15 is 0 Å². The van der Waals surface area contributed by atoms with Gasteiger partial charge in [-0.1, -0.05) is 19.8 Å². The molecule has 4 heteroatoms. The number of halogens is 1. The summed E-state index contributed by atoms with van der Waals surface area (Å²) in [6, 6.07) is 1.52. The predicted molar refractivity (Wildman–Crippen MR) is 43.3 cm³/mol. The van der Waals surface area contributed by atoms with Crippen LogP contribution in [-0.4, -0.2) is 11.4 Å². The Morgan fingerprint density at radius 3 is 2.82 bits per heavy atom. The van der Waals surface area contributed by atoms with E-state index in [-0.39, 0.29) is 0 Å². The van der Waals surface area contributed by atoms with Crippen molar-refractivity contribution in [2.24, 2.45) is 0 Å². The second-order valence-electron chi connectivity index (χ2n) is 2.24. The maximum atomic E-state index is 10.3. The van der Waals surface area contributed by atoms with E-state index in [1.165, 1.54) is 0 Å². The highest BCUT2D eigenvalue weighted by Crippen LogP contribution is 1.99. The standard InChI is InChI=1S/C7H11ClN2O/c1-2-3-4-6(5-9)10-7(8)11/h6H,2-4H2,1H3,(H,10,11). The number of hydrogen-bond acceptors (Lipinski definition) is 2. The summed E-state index contributed by atoms with van der Waals surface area (Å²) in [6.07, 6.45) is 2.61. The lowest BCUT2D eigenvalue weighted by Gasteiger charge is -2.06. The third kappa shape index (κ3) is 5.68. The summed E-state index contributed by atoms with van der Waals surface area (Å²) in [5.74, 6) is 0. The van der Waals surface area contributed by atoms with Crippen LogP contribution in [0.3, 0.4) is 0 Å². The lowest BCUT2D eigenvalue weighted by Crippen LogP contribution is -2.29. The topological polar surface area (TPSA) is 52.9 Å². The summed E-state index contributed by atoms with van der Waals surface area (Å²) in [7, 11) is 0. The lowest BCUT2D eigenvalue weighted by atomic mass is 10.1. The zero-order valence-corrected chi connectivity index (χ0v) is 7.19. The molecule has 0 aliphatic carbocycles. The molecule has 1 N–H and O–H groups in total. The first kappa shape index (κ1) is 10.2. The van der Waals surface area contributed by atoms with Gasteiger partial charge >= 0.3 is 5.37 Å². The molecule has 0 aromatic rings. The van der Waals surface area contributed by atoms with Crippen molar-refractivity contribution < 1.29 is 4.79 Å². The van der Waals surface area contributed by atoms with Gasteiger partial charge in [0.15, 0.2) is 0 Å². The van der Waals surface area contributed by atoms with Gasteiger partial charge in [-0.15, -0.1) is 0 Å². The van der Waals surface area contributed by atoms with Crippen molar-refractivity contribution in [3.05, 3.63) is 0 Å². The van der Waals surface area contributed by atoms with Crippen LogP contribution in [0.15, 0.2) is 0 Å². The third-order valence-corrected chi connectivity index (χ3v) is 1.40. The molecular formula is C7H11ClN2O. The van der Waals surface area contributed by atoms with Crippen LogP contribution in [-0.2, 0) is 0 Å². The van der Waals surface area contributed by atoms with E-state index in [2.05, 4.69) is 5.32 Å². The summed E-state index contributed by atoms with van der Waals surface area (Å²) in [6.45, 7) is 2.02. The molecule has 0 saturated heterocycles. The Balaban J connectivity index is 3.60. The van der Waals surface area contributed by atoms with Crippen molar-refractivity contribution in [2.75, 3.05) is 0 Å². The number of amides is 1. The zero-order valence-electron chi connectivity index (χ0n) is 6.43. The van der Waals surface area contributed by atoms with Gasteiger partial charge < -0.3 is 5.32 Å². The quantitative estimate of drug-likeness (QED) is 0.524. The van der Waals surface area contributed by atoms with Gasteiger partial charge in [0.25, 0.3) is 0 Å². The Kier molecular flexibility index (Phi) is 5.58. The molecule has 1 unspecified atom stereocenters. The van der Waals surface area contributed by atoms with Crippen molar-refractivity contribution in [2.45, 2.75) is 32.2 Å². The number of nitrogens with zero attached hydrogens (tertiary/aromatic N) is 1. The molecule has 0 heterocycles. The minimum absolute atomic E-state index is 0.431. The second-order valence-corrected chi connectivity index (χ2v) is 2.59. The van der Waals surface area contributed by atoms with Crippen LogP contribution >= 0.6 is 11.6 Å². The molecule has 0 saturated carbocycles. The van der Waals surface area contributed by atoms with Gasteiger partial charge in [0, 0.05) is 0 Å². The van der Waals surface area contributed by atoms with Gasteiger partial charge in [0.05, 0.1) is 6.07 Å². The van der Waals surface area contributed by atoms with Crippen molar-refractivity contribution >= 4 is 17.0 Å². The number of carbonyl (C=O) groups is 1. The molecular weight excluding hydrogens is 164 g/mol. The molecule has 3 nitrogen and oxygen atoms in total. The van der Waals surface area contributed by atoms with Crippen molar-refractivity contribution in [1.29, 1.82) is 5.26 Å². The number of carbonyl (C=O) groups excluding carboxylic acids is 1. The Labute approximate surface area is 71.3 Å². The highest BCUT2D eigenvalue weighted by molar-refractivity contribution is 6.63. The van der Waals surface area contributed by atoms with Crippen molar-refractivity contribution in [1.82, 2.24) is 5.32 Å². The van der Waals surface area contributed by atoms with Gasteiger partial charge in [0.1, 0.15) is 6.04 Å². The molecule has 0 radical (unpaired) electrons. The Morgan fingerprint density at radius 2 is 2.45 bits per heavy atom. The summed E-state index contributed by atoms with van der Waals surface area (Å²) >= 11 is 5.03. The molecule has 0 aromatic carbocycles. The molecule has 62 valence electrons. The van der Waals surface area contributed by atoms with E-state index in [1.807, 2.05) is 13.0 Å². The molecule has 1 atom stereocenters. The van der Waals surface area contributed by atoms with Crippen LogP contribution in [0.2, 0.25) is 0 Å². The average Bonchev–Trinajstić information content (AvgIpc) is 1.97. The smallest absolute Gasteiger partial charge is 0.314 e. The minimum atomic E-state index is -0.660. The maximum Gasteiger partial charge on any atom is 0.314 e. The van der Waals surface area contributed by atoms with Gasteiger partial charge in [-0.25, -0.2) is 0 Å². The Morgan fingerprint density at radius 1 is 1.82 bits per heavy atom. The summed E-state index contributed by atoms with van der Waals surface area (Å²) in [4.78, 5) is 10.3. The third-order valence-electron chi connectivity index (χ3n) is 1.29. The Hall–Kier alpha value is -0.750. The molecule has 0 fully saturated rings. The molecule has 0 aliphatic heterocycles. The molecule has 0 aromatic heterocycles. The molecule has 0 aliphatic rings. The molecule has 0 spiro atoms. The van der Waals surface area contributed by atoms with E-state index in [0.29, 0.717) is 6.42 Å². The fourth-order valence-electron chi connectivity index (χ4n) is 0.714. The van der Waals surface area contributed by atoms with Crippen LogP contribution in [0.25, 0.3) is 0 Å². The lowest BCUT2D eigenvalue weighted by molar-refractivity contribution is 0.257. The van der Waals surface area contributed by atoms with Crippen molar-refractivity contribution in [3.8, 4) is 6.07 Å². The Bertz CT molecular complexity index is 164. The maximum absolute atomic E-state index is 10.3. The summed E-state index contributed by atoms with van der Waals surface area (Å²) in [5.41, 5.74) is 0. The second kappa shape index (κ2) is 5.99. The minimum Gasteiger partial charge on any atom is -0.327 e. The van der Waals surface area contributed by atoms with Crippen LogP contribution in [0.1, 0.15) is 26.2 Å². The van der Waals surface area contributed by atoms with Gasteiger partial charge in [-0.2, -0.15) is 5.26 Å². The zero-order chi connectivity index (χ0) is 8.69. The molecule has 1 amide bonds. The number of nitrogens with one attached hydrogen (secondary N) is 1. The van der Waals surface area contributed by atoms with Gasteiger partial charge in [-0.05, 0) is 18.0 Å². The highest BCUT2D eigenvalue weighted by Gasteiger charge is 2.07. The number of hydrogen-bond donors (Lipinski definition) is 1. The van der Waals surface area contributed by atoms with E-state index in [9.17, 15) is 4.79 Å². The summed E-state index contributed by atoms with van der Waals surface area (Å²) < 4.78 is 0. The van der Waals surface area contributed by atoms with Crippen molar-refractivity contribution in [3.63, 3.8) is 0 Å². The van der Waals surface area contributed by atoms with E-state index in [1.54, 1.807) is 0 Å². The summed E-state index contributed by atoms with van der Waals surface area (Å²) in [5, 5.41) is 10.1. The first-order chi connectivity index (χ1) is 5.20. The normalized spacial score (nSPS) is 11.7. The predicted octanol–water partition coefficient (Wildman–Crippen LogP) is 2.02. The van der Waals surface area contributed by atoms with E-state index in [4.69, 9.17) is 16.9 Å². The van der Waals surface area contributed by atoms with Crippen LogP contribution in [0.4, 0.5) is 4.79 Å². The molecule has 11 heavy (non-hydrogen) atoms. The van der Waals surface area contributed by atoms with Crippen LogP contribution in [0.5, 0.6) is 0 Å². The fourth-order valence-corrected chi connectivity index (χ4v) is 0.846. The highest BCUT2D eigenvalue weighted by atomic mass is 35.5. The number of unbranched alkanes of at least 4 members (excludes halogenated alkanes) is 1. The molecule has 0 rings (SSSR count). The number of nitriles is 1. The first-order valence-electron chi connectivity index (χ1n) is 3.56. The average molecular weight is 175 g/mol. The van der Waals surface area contributed by atoms with Gasteiger partial charge in [0.2, 0.25) is 0 Å². The monoisotopic (exact) mass is 174 g/mol. The largest absolute Gasteiger partial charge is 0.327 e. The van der Waals surface area contributed by atoms with Crippen LogP contribution in [0, 0.1) is 11.3 Å². The number of rotatable bonds is 4. The van der Waals surface area contributed by atoms with Gasteiger partial charge in [-0.3, -0.25) is 4.79 Å². The SMILES string of the molecule is CCCCC(C#N)NC(=O)Cl. The van der Waals surface area contributed by atoms with Crippen LogP contribution < -0.4 is 5.32 Å².